The number of carbonyl (C=O) groups is 2. The van der Waals surface area contributed by atoms with Crippen molar-refractivity contribution in [2.24, 2.45) is 0 Å². The van der Waals surface area contributed by atoms with Crippen LogP contribution in [0.3, 0.4) is 0 Å². The number of benzene rings is 2. The molecule has 0 radical (unpaired) electrons. The van der Waals surface area contributed by atoms with Crippen LogP contribution in [0.2, 0.25) is 0 Å². The number of ether oxygens (including phenoxy) is 2. The van der Waals surface area contributed by atoms with Crippen LogP contribution in [0.25, 0.3) is 0 Å². The van der Waals surface area contributed by atoms with Crippen LogP contribution in [-0.2, 0) is 24.7 Å². The number of hydrogen-bond acceptors (Lipinski definition) is 5. The van der Waals surface area contributed by atoms with Gasteiger partial charge in [0.25, 0.3) is 0 Å². The first kappa shape index (κ1) is 21.6. The second kappa shape index (κ2) is 9.98. The van der Waals surface area contributed by atoms with Crippen molar-refractivity contribution in [2.75, 3.05) is 33.9 Å². The largest absolute Gasteiger partial charge is 0.473 e. The minimum Gasteiger partial charge on any atom is -0.473 e. The van der Waals surface area contributed by atoms with Gasteiger partial charge in [0.15, 0.2) is 0 Å². The molecule has 0 aromatic heterocycles. The molecular weight excluding hydrogens is 362 g/mol. The van der Waals surface area contributed by atoms with Gasteiger partial charge >= 0.3 is 11.9 Å². The van der Waals surface area contributed by atoms with Crippen LogP contribution < -0.4 is 0 Å². The van der Waals surface area contributed by atoms with Gasteiger partial charge in [-0.3, -0.25) is 0 Å². The van der Waals surface area contributed by atoms with E-state index in [1.165, 1.54) is 0 Å². The van der Waals surface area contributed by atoms with Gasteiger partial charge in [-0.15, -0.1) is 0 Å². The Morgan fingerprint density at radius 1 is 0.964 bits per heavy atom. The minimum absolute atomic E-state index is 0.0594. The van der Waals surface area contributed by atoms with E-state index in [1.807, 2.05) is 12.1 Å². The summed E-state index contributed by atoms with van der Waals surface area (Å²) in [6, 6.07) is 20.8. The fourth-order valence-corrected chi connectivity index (χ4v) is 3.07. The van der Waals surface area contributed by atoms with E-state index in [-0.39, 0.29) is 6.10 Å². The second-order valence-electron chi connectivity index (χ2n) is 6.69. The summed E-state index contributed by atoms with van der Waals surface area (Å²) in [4.78, 5) is 20.3. The van der Waals surface area contributed by atoms with E-state index in [1.54, 1.807) is 0 Å². The Hall–Kier alpha value is -2.74. The third kappa shape index (κ3) is 5.63. The lowest BCUT2D eigenvalue weighted by molar-refractivity contribution is -0.188. The van der Waals surface area contributed by atoms with E-state index in [4.69, 9.17) is 29.3 Å². The van der Waals surface area contributed by atoms with Gasteiger partial charge in [0.1, 0.15) is 5.60 Å². The van der Waals surface area contributed by atoms with Crippen LogP contribution in [-0.4, -0.2) is 67.0 Å². The Morgan fingerprint density at radius 3 is 1.82 bits per heavy atom. The van der Waals surface area contributed by atoms with E-state index in [9.17, 15) is 0 Å². The Kier molecular flexibility index (Phi) is 7.69. The molecule has 0 unspecified atom stereocenters. The van der Waals surface area contributed by atoms with Crippen molar-refractivity contribution in [3.8, 4) is 0 Å². The summed E-state index contributed by atoms with van der Waals surface area (Å²) in [5.74, 6) is -3.65. The van der Waals surface area contributed by atoms with Gasteiger partial charge in [0, 0.05) is 6.54 Å². The zero-order valence-corrected chi connectivity index (χ0v) is 15.9. The lowest BCUT2D eigenvalue weighted by Gasteiger charge is -2.42. The average Bonchev–Trinajstić information content (AvgIpc) is 2.69. The molecule has 0 amide bonds. The van der Waals surface area contributed by atoms with Crippen molar-refractivity contribution in [3.63, 3.8) is 0 Å². The van der Waals surface area contributed by atoms with E-state index < -0.39 is 17.5 Å². The quantitative estimate of drug-likeness (QED) is 0.775. The molecule has 1 heterocycles. The number of nitrogens with zero attached hydrogens (tertiary/aromatic N) is 1. The van der Waals surface area contributed by atoms with Crippen LogP contribution in [0.1, 0.15) is 11.1 Å². The lowest BCUT2D eigenvalue weighted by atomic mass is 9.86. The van der Waals surface area contributed by atoms with Crippen molar-refractivity contribution in [1.29, 1.82) is 0 Å². The maximum atomic E-state index is 9.10. The molecule has 7 nitrogen and oxygen atoms in total. The molecule has 0 spiro atoms. The van der Waals surface area contributed by atoms with E-state index in [2.05, 4.69) is 67.5 Å². The molecule has 1 atom stereocenters. The number of rotatable bonds is 4. The Bertz CT molecular complexity index is 711. The van der Waals surface area contributed by atoms with Crippen molar-refractivity contribution in [2.45, 2.75) is 11.7 Å². The minimum atomic E-state index is -1.82. The predicted octanol–water partition coefficient (Wildman–Crippen LogP) is 2.06. The Balaban J connectivity index is 0.000000409. The molecule has 1 aliphatic rings. The fraction of sp³-hybridized carbons (Fsp3) is 0.333. The molecule has 2 N–H and O–H groups in total. The smallest absolute Gasteiger partial charge is 0.414 e. The first-order chi connectivity index (χ1) is 13.3. The summed E-state index contributed by atoms with van der Waals surface area (Å²) >= 11 is 0. The summed E-state index contributed by atoms with van der Waals surface area (Å²) in [7, 11) is 4.12. The molecule has 0 saturated carbocycles. The van der Waals surface area contributed by atoms with E-state index in [0.29, 0.717) is 13.2 Å². The maximum Gasteiger partial charge on any atom is 0.414 e. The highest BCUT2D eigenvalue weighted by atomic mass is 16.6. The van der Waals surface area contributed by atoms with Gasteiger partial charge in [0.05, 0.1) is 19.3 Å². The Labute approximate surface area is 164 Å². The standard InChI is InChI=1S/C19H23NO2.C2H2O4/c1-20(2)13-18-14-21-15-19(22-18,16-9-5-3-6-10-16)17-11-7-4-8-12-17;3-1(4)2(5)6/h3-12,18H,13-15H2,1-2H3;(H,3,4)(H,5,6)/t18-;/m1./s1. The summed E-state index contributed by atoms with van der Waals surface area (Å²) < 4.78 is 12.5. The number of carboxylic acid groups (broad SMARTS) is 2. The van der Waals surface area contributed by atoms with Gasteiger partial charge in [-0.1, -0.05) is 60.7 Å². The first-order valence-electron chi connectivity index (χ1n) is 8.82. The van der Waals surface area contributed by atoms with Crippen LogP contribution in [0.4, 0.5) is 0 Å². The molecule has 28 heavy (non-hydrogen) atoms. The van der Waals surface area contributed by atoms with Crippen molar-refractivity contribution in [3.05, 3.63) is 71.8 Å². The molecular formula is C21H25NO6. The maximum absolute atomic E-state index is 9.10. The van der Waals surface area contributed by atoms with Gasteiger partial charge in [-0.2, -0.15) is 0 Å². The van der Waals surface area contributed by atoms with Crippen molar-refractivity contribution in [1.82, 2.24) is 4.90 Å². The monoisotopic (exact) mass is 387 g/mol. The number of carboxylic acids is 2. The second-order valence-corrected chi connectivity index (χ2v) is 6.69. The van der Waals surface area contributed by atoms with Crippen molar-refractivity contribution >= 4 is 11.9 Å². The molecule has 2 aromatic carbocycles. The van der Waals surface area contributed by atoms with Gasteiger partial charge in [-0.05, 0) is 25.2 Å². The molecule has 1 saturated heterocycles. The lowest BCUT2D eigenvalue weighted by Crippen LogP contribution is -2.49. The molecule has 7 heteroatoms. The highest BCUT2D eigenvalue weighted by Gasteiger charge is 2.41. The molecule has 0 aliphatic carbocycles. The molecule has 150 valence electrons. The zero-order valence-electron chi connectivity index (χ0n) is 15.9. The summed E-state index contributed by atoms with van der Waals surface area (Å²) in [5.41, 5.74) is 1.76. The predicted molar refractivity (Wildman–Crippen MR) is 103 cm³/mol. The van der Waals surface area contributed by atoms with Crippen molar-refractivity contribution < 1.29 is 29.3 Å². The van der Waals surface area contributed by atoms with Crippen LogP contribution in [0.15, 0.2) is 60.7 Å². The van der Waals surface area contributed by atoms with Crippen LogP contribution in [0.5, 0.6) is 0 Å². The molecule has 1 fully saturated rings. The fourth-order valence-electron chi connectivity index (χ4n) is 3.07. The number of hydrogen-bond donors (Lipinski definition) is 2. The molecule has 3 rings (SSSR count). The third-order valence-electron chi connectivity index (χ3n) is 4.21. The zero-order chi connectivity index (χ0) is 20.6. The highest BCUT2D eigenvalue weighted by molar-refractivity contribution is 6.27. The van der Waals surface area contributed by atoms with Crippen LogP contribution >= 0.6 is 0 Å². The van der Waals surface area contributed by atoms with E-state index in [0.717, 1.165) is 17.7 Å². The van der Waals surface area contributed by atoms with Gasteiger partial charge in [0.2, 0.25) is 0 Å². The summed E-state index contributed by atoms with van der Waals surface area (Å²) in [6.07, 6.45) is 0.0594. The van der Waals surface area contributed by atoms with Gasteiger partial charge < -0.3 is 24.6 Å². The third-order valence-corrected chi connectivity index (χ3v) is 4.21. The molecule has 0 bridgehead atoms. The summed E-state index contributed by atoms with van der Waals surface area (Å²) in [6.45, 7) is 2.03. The highest BCUT2D eigenvalue weighted by Crippen LogP contribution is 2.37. The number of aliphatic carboxylic acids is 2. The normalized spacial score (nSPS) is 18.0. The topological polar surface area (TPSA) is 96.3 Å². The first-order valence-corrected chi connectivity index (χ1v) is 8.82. The molecule has 1 aliphatic heterocycles. The van der Waals surface area contributed by atoms with Gasteiger partial charge in [-0.25, -0.2) is 9.59 Å². The SMILES string of the molecule is CN(C)C[C@@H]1COCC(c2ccccc2)(c2ccccc2)O1.O=C(O)C(=O)O. The molecule has 2 aromatic rings. The van der Waals surface area contributed by atoms with Crippen LogP contribution in [0, 0.1) is 0 Å². The summed E-state index contributed by atoms with van der Waals surface area (Å²) in [5, 5.41) is 14.8. The Morgan fingerprint density at radius 2 is 1.43 bits per heavy atom. The van der Waals surface area contributed by atoms with E-state index >= 15 is 0 Å². The average molecular weight is 387 g/mol. The number of likely N-dealkylation sites (N-methyl/N-ethyl adjacent to an activating group) is 1.